The number of hydrogen-bond donors (Lipinski definition) is 0. The average Bonchev–Trinajstić information content (AvgIpc) is 3.92. The Hall–Kier alpha value is -6.44. The van der Waals surface area contributed by atoms with Gasteiger partial charge in [-0.3, -0.25) is 0 Å². The number of benzene rings is 7. The van der Waals surface area contributed by atoms with Gasteiger partial charge in [0.2, 0.25) is 0 Å². The van der Waals surface area contributed by atoms with Gasteiger partial charge in [-0.05, 0) is 36.4 Å². The zero-order valence-corrected chi connectivity index (χ0v) is 27.9. The van der Waals surface area contributed by atoms with E-state index in [9.17, 15) is 10.5 Å². The Labute approximate surface area is 293 Å². The van der Waals surface area contributed by atoms with E-state index in [-0.39, 0.29) is 0 Å². The van der Waals surface area contributed by atoms with Crippen molar-refractivity contribution in [1.82, 2.24) is 9.13 Å². The first-order valence-electron chi connectivity index (χ1n) is 16.4. The minimum Gasteiger partial charge on any atom is -0.306 e. The third-order valence-electron chi connectivity index (χ3n) is 10.2. The molecule has 4 nitrogen and oxygen atoms in total. The van der Waals surface area contributed by atoms with Gasteiger partial charge in [0.25, 0.3) is 0 Å². The van der Waals surface area contributed by atoms with Crippen LogP contribution in [0.3, 0.4) is 0 Å². The van der Waals surface area contributed by atoms with Gasteiger partial charge in [-0.25, -0.2) is 0 Å². The van der Waals surface area contributed by atoms with Crippen molar-refractivity contribution in [2.24, 2.45) is 0 Å². The van der Waals surface area contributed by atoms with Gasteiger partial charge in [-0.1, -0.05) is 97.1 Å². The van der Waals surface area contributed by atoms with Gasteiger partial charge in [0.15, 0.2) is 0 Å². The van der Waals surface area contributed by atoms with Crippen molar-refractivity contribution >= 4 is 107 Å². The Morgan fingerprint density at radius 1 is 0.420 bits per heavy atom. The first-order valence-corrected chi connectivity index (χ1v) is 18.0. The quantitative estimate of drug-likeness (QED) is 0.184. The highest BCUT2D eigenvalue weighted by Gasteiger charge is 2.25. The third-order valence-corrected chi connectivity index (χ3v) is 12.6. The van der Waals surface area contributed by atoms with Gasteiger partial charge in [-0.2, -0.15) is 10.5 Å². The Morgan fingerprint density at radius 3 is 1.30 bits per heavy atom. The molecule has 0 aliphatic heterocycles. The van der Waals surface area contributed by atoms with E-state index in [1.165, 1.54) is 30.9 Å². The molecular formula is C44H22N4S2. The van der Waals surface area contributed by atoms with E-state index in [4.69, 9.17) is 0 Å². The summed E-state index contributed by atoms with van der Waals surface area (Å²) in [5.74, 6) is 0. The fourth-order valence-corrected chi connectivity index (χ4v) is 10.6. The second kappa shape index (κ2) is 10.0. The summed E-state index contributed by atoms with van der Waals surface area (Å²) in [4.78, 5) is 0. The van der Waals surface area contributed by atoms with E-state index in [1.807, 2.05) is 24.3 Å². The van der Waals surface area contributed by atoms with Crippen LogP contribution in [-0.2, 0) is 0 Å². The van der Waals surface area contributed by atoms with Crippen molar-refractivity contribution in [3.8, 4) is 23.5 Å². The number of rotatable bonds is 2. The first kappa shape index (κ1) is 27.5. The van der Waals surface area contributed by atoms with Crippen LogP contribution < -0.4 is 0 Å². The van der Waals surface area contributed by atoms with Crippen LogP contribution in [0.5, 0.6) is 0 Å². The lowest BCUT2D eigenvalue weighted by molar-refractivity contribution is 1.12. The summed E-state index contributed by atoms with van der Waals surface area (Å²) in [6.45, 7) is 0. The van der Waals surface area contributed by atoms with Crippen LogP contribution in [0.15, 0.2) is 133 Å². The lowest BCUT2D eigenvalue weighted by Crippen LogP contribution is -2.05. The molecule has 230 valence electrons. The van der Waals surface area contributed by atoms with Crippen LogP contribution in [0.4, 0.5) is 0 Å². The second-order valence-electron chi connectivity index (χ2n) is 12.7. The van der Waals surface area contributed by atoms with Crippen LogP contribution in [0.1, 0.15) is 11.1 Å². The summed E-state index contributed by atoms with van der Waals surface area (Å²) in [6, 6.07) is 51.6. The molecule has 0 unspecified atom stereocenters. The Morgan fingerprint density at radius 2 is 0.840 bits per heavy atom. The number of para-hydroxylation sites is 2. The molecule has 0 radical (unpaired) electrons. The molecule has 0 atom stereocenters. The number of hydrogen-bond acceptors (Lipinski definition) is 4. The molecule has 7 aromatic carbocycles. The molecular weight excluding hydrogens is 649 g/mol. The molecule has 11 rings (SSSR count). The minimum atomic E-state index is 0.498. The van der Waals surface area contributed by atoms with Crippen molar-refractivity contribution in [2.45, 2.75) is 0 Å². The lowest BCUT2D eigenvalue weighted by Gasteiger charge is -2.17. The summed E-state index contributed by atoms with van der Waals surface area (Å²) in [6.07, 6.45) is 0. The van der Waals surface area contributed by atoms with E-state index in [1.54, 1.807) is 22.7 Å². The molecule has 6 heteroatoms. The van der Waals surface area contributed by atoms with E-state index in [0.717, 1.165) is 53.0 Å². The van der Waals surface area contributed by atoms with Crippen molar-refractivity contribution < 1.29 is 0 Å². The van der Waals surface area contributed by atoms with Crippen LogP contribution in [0, 0.1) is 22.7 Å². The lowest BCUT2D eigenvalue weighted by atomic mass is 10.1. The van der Waals surface area contributed by atoms with Crippen molar-refractivity contribution in [2.75, 3.05) is 0 Å². The van der Waals surface area contributed by atoms with E-state index in [0.29, 0.717) is 22.5 Å². The normalized spacial score (nSPS) is 12.0. The maximum absolute atomic E-state index is 11.2. The van der Waals surface area contributed by atoms with Crippen LogP contribution >= 0.6 is 22.7 Å². The number of nitrogens with zero attached hydrogens (tertiary/aromatic N) is 4. The molecule has 4 aromatic heterocycles. The van der Waals surface area contributed by atoms with E-state index >= 15 is 0 Å². The van der Waals surface area contributed by atoms with Crippen LogP contribution in [0.25, 0.3) is 95.3 Å². The number of aromatic nitrogens is 2. The summed E-state index contributed by atoms with van der Waals surface area (Å²) < 4.78 is 9.23. The number of fused-ring (bicyclic) bond motifs is 14. The molecule has 0 aliphatic carbocycles. The highest BCUT2D eigenvalue weighted by molar-refractivity contribution is 7.27. The predicted molar refractivity (Wildman–Crippen MR) is 210 cm³/mol. The highest BCUT2D eigenvalue weighted by atomic mass is 32.1. The minimum absolute atomic E-state index is 0.498. The third kappa shape index (κ3) is 3.51. The van der Waals surface area contributed by atoms with Gasteiger partial charge >= 0.3 is 0 Å². The van der Waals surface area contributed by atoms with E-state index in [2.05, 4.69) is 130 Å². The fraction of sp³-hybridized carbons (Fsp3) is 0. The zero-order valence-electron chi connectivity index (χ0n) is 26.3. The topological polar surface area (TPSA) is 57.4 Å². The molecule has 0 saturated heterocycles. The largest absolute Gasteiger partial charge is 0.306 e. The van der Waals surface area contributed by atoms with Gasteiger partial charge in [0.1, 0.15) is 11.6 Å². The van der Waals surface area contributed by atoms with Gasteiger partial charge < -0.3 is 9.13 Å². The van der Waals surface area contributed by atoms with Crippen LogP contribution in [-0.4, -0.2) is 9.13 Å². The summed E-state index contributed by atoms with van der Waals surface area (Å²) in [7, 11) is 0. The molecule has 0 aliphatic rings. The molecule has 0 amide bonds. The smallest absolute Gasteiger partial charge is 0.104 e. The van der Waals surface area contributed by atoms with Crippen molar-refractivity contribution in [3.63, 3.8) is 0 Å². The molecule has 4 heterocycles. The zero-order chi connectivity index (χ0) is 33.1. The molecule has 0 spiro atoms. The first-order chi connectivity index (χ1) is 24.7. The maximum Gasteiger partial charge on any atom is 0.104 e. The van der Waals surface area contributed by atoms with Gasteiger partial charge in [0, 0.05) is 52.5 Å². The monoisotopic (exact) mass is 670 g/mol. The molecule has 11 aromatic rings. The van der Waals surface area contributed by atoms with Gasteiger partial charge in [-0.15, -0.1) is 22.7 Å². The number of thiophene rings is 2. The average molecular weight is 671 g/mol. The molecule has 0 saturated carbocycles. The second-order valence-corrected chi connectivity index (χ2v) is 14.8. The standard InChI is InChI=1S/C44H22N4S2/c45-23-25-21-37(47-35-13-5-1-9-26(35)30-17-19-32-28-11-3-7-15-39(28)49-43(32)41(30)47)34(24-46)38(22-25)48-36-14-6-2-10-27(36)31-18-20-33-29-12-4-8-16-40(29)50-44(33)42(31)48/h1-22H. The molecule has 0 bridgehead atoms. The van der Waals surface area contributed by atoms with Crippen LogP contribution in [0.2, 0.25) is 0 Å². The van der Waals surface area contributed by atoms with Crippen molar-refractivity contribution in [3.05, 3.63) is 145 Å². The maximum atomic E-state index is 11.2. The van der Waals surface area contributed by atoms with Crippen molar-refractivity contribution in [1.29, 1.82) is 10.5 Å². The summed E-state index contributed by atoms with van der Waals surface area (Å²) in [5, 5.41) is 31.1. The molecule has 0 N–H and O–H groups in total. The fourth-order valence-electron chi connectivity index (χ4n) is 8.11. The summed E-state index contributed by atoms with van der Waals surface area (Å²) in [5.41, 5.74) is 6.52. The SMILES string of the molecule is N#Cc1cc(-n2c3ccccc3c3ccc4c5ccccc5sc4c32)c(C#N)c(-n2c3ccccc3c3ccc4c5ccccc5sc4c32)c1. The highest BCUT2D eigenvalue weighted by Crippen LogP contribution is 2.46. The summed E-state index contributed by atoms with van der Waals surface area (Å²) >= 11 is 3.55. The Kier molecular flexibility index (Phi) is 5.52. The Bertz CT molecular complexity index is 3150. The van der Waals surface area contributed by atoms with E-state index < -0.39 is 0 Å². The number of nitriles is 2. The molecule has 50 heavy (non-hydrogen) atoms. The molecule has 0 fully saturated rings. The predicted octanol–water partition coefficient (Wildman–Crippen LogP) is 12.4. The Balaban J connectivity index is 1.34. The van der Waals surface area contributed by atoms with Gasteiger partial charge in [0.05, 0.1) is 54.5 Å².